The summed E-state index contributed by atoms with van der Waals surface area (Å²) < 4.78 is 2.03. The highest BCUT2D eigenvalue weighted by Gasteiger charge is 2.15. The number of nitrogens with zero attached hydrogens (tertiary/aromatic N) is 2. The number of aromatic nitrogens is 2. The number of halogens is 2. The van der Waals surface area contributed by atoms with Gasteiger partial charge in [0.15, 0.2) is 5.82 Å². The molecule has 0 aliphatic carbocycles. The van der Waals surface area contributed by atoms with Gasteiger partial charge >= 0.3 is 0 Å². The third kappa shape index (κ3) is 3.35. The van der Waals surface area contributed by atoms with E-state index >= 15 is 0 Å². The van der Waals surface area contributed by atoms with Gasteiger partial charge in [0.1, 0.15) is 5.82 Å². The lowest BCUT2D eigenvalue weighted by Crippen LogP contribution is -2.06. The topological polar surface area (TPSA) is 37.8 Å². The average Bonchev–Trinajstić information content (AvgIpc) is 2.81. The molecule has 0 atom stereocenters. The number of anilines is 1. The number of nitrogens with one attached hydrogen (secondary N) is 1. The first kappa shape index (κ1) is 14.9. The van der Waals surface area contributed by atoms with Crippen molar-refractivity contribution in [1.29, 1.82) is 0 Å². The van der Waals surface area contributed by atoms with E-state index < -0.39 is 0 Å². The Kier molecular flexibility index (Phi) is 5.36. The molecule has 0 amide bonds. The van der Waals surface area contributed by atoms with Crippen LogP contribution in [0.3, 0.4) is 0 Å². The van der Waals surface area contributed by atoms with Gasteiger partial charge in [0.25, 0.3) is 0 Å². The van der Waals surface area contributed by atoms with E-state index in [0.717, 1.165) is 50.5 Å². The van der Waals surface area contributed by atoms with Crippen molar-refractivity contribution in [3.05, 3.63) is 26.1 Å². The second kappa shape index (κ2) is 6.81. The Morgan fingerprint density at radius 1 is 1.26 bits per heavy atom. The van der Waals surface area contributed by atoms with Crippen molar-refractivity contribution >= 4 is 49.0 Å². The van der Waals surface area contributed by atoms with E-state index in [1.165, 1.54) is 0 Å². The lowest BCUT2D eigenvalue weighted by atomic mass is 10.2. The molecule has 0 unspecified atom stereocenters. The van der Waals surface area contributed by atoms with Crippen LogP contribution in [0.15, 0.2) is 20.4 Å². The van der Waals surface area contributed by atoms with E-state index in [4.69, 9.17) is 4.98 Å². The molecule has 0 saturated carbocycles. The molecule has 6 heteroatoms. The van der Waals surface area contributed by atoms with Crippen LogP contribution in [0.1, 0.15) is 26.0 Å². The Hall–Kier alpha value is -0.460. The second-order valence-corrected chi connectivity index (χ2v) is 6.60. The monoisotopic (exact) mass is 403 g/mol. The third-order valence-corrected chi connectivity index (χ3v) is 5.24. The SMILES string of the molecule is CCCc1nc(-c2sccc2Br)nc(NCC)c1Br. The van der Waals surface area contributed by atoms with E-state index in [1.54, 1.807) is 11.3 Å². The van der Waals surface area contributed by atoms with Gasteiger partial charge in [-0.2, -0.15) is 0 Å². The molecule has 0 aliphatic rings. The predicted molar refractivity (Wildman–Crippen MR) is 88.9 cm³/mol. The summed E-state index contributed by atoms with van der Waals surface area (Å²) in [4.78, 5) is 10.4. The first-order chi connectivity index (χ1) is 9.17. The van der Waals surface area contributed by atoms with Gasteiger partial charge in [-0.3, -0.25) is 0 Å². The van der Waals surface area contributed by atoms with Crippen molar-refractivity contribution in [2.24, 2.45) is 0 Å². The second-order valence-electron chi connectivity index (χ2n) is 4.03. The van der Waals surface area contributed by atoms with Gasteiger partial charge in [-0.05, 0) is 56.7 Å². The number of aryl methyl sites for hydroxylation is 1. The fourth-order valence-corrected chi connectivity index (χ4v) is 3.73. The zero-order valence-electron chi connectivity index (χ0n) is 10.8. The van der Waals surface area contributed by atoms with Crippen LogP contribution in [0.2, 0.25) is 0 Å². The number of rotatable bonds is 5. The molecule has 2 heterocycles. The van der Waals surface area contributed by atoms with Crippen LogP contribution in [-0.2, 0) is 6.42 Å². The van der Waals surface area contributed by atoms with Crippen molar-refractivity contribution in [2.75, 3.05) is 11.9 Å². The highest BCUT2D eigenvalue weighted by atomic mass is 79.9. The highest BCUT2D eigenvalue weighted by Crippen LogP contribution is 2.34. The van der Waals surface area contributed by atoms with Gasteiger partial charge in [-0.1, -0.05) is 13.3 Å². The van der Waals surface area contributed by atoms with Crippen LogP contribution in [0.4, 0.5) is 5.82 Å². The molecule has 0 fully saturated rings. The Labute approximate surface area is 134 Å². The molecule has 0 radical (unpaired) electrons. The summed E-state index contributed by atoms with van der Waals surface area (Å²) in [6.45, 7) is 5.06. The van der Waals surface area contributed by atoms with Gasteiger partial charge in [-0.25, -0.2) is 9.97 Å². The molecule has 2 aromatic rings. The summed E-state index contributed by atoms with van der Waals surface area (Å²) >= 11 is 8.80. The average molecular weight is 405 g/mol. The molecule has 2 rings (SSSR count). The number of hydrogen-bond acceptors (Lipinski definition) is 4. The molecule has 2 aromatic heterocycles. The maximum Gasteiger partial charge on any atom is 0.173 e. The van der Waals surface area contributed by atoms with Gasteiger partial charge in [0, 0.05) is 11.0 Å². The summed E-state index contributed by atoms with van der Waals surface area (Å²) in [6.07, 6.45) is 2.00. The lowest BCUT2D eigenvalue weighted by molar-refractivity contribution is 0.868. The molecule has 1 N–H and O–H groups in total. The Bertz CT molecular complexity index is 542. The first-order valence-electron chi connectivity index (χ1n) is 6.21. The molecule has 102 valence electrons. The Morgan fingerprint density at radius 3 is 2.63 bits per heavy atom. The van der Waals surface area contributed by atoms with Gasteiger partial charge < -0.3 is 5.32 Å². The molecular formula is C13H15Br2N3S. The summed E-state index contributed by atoms with van der Waals surface area (Å²) in [5.74, 6) is 1.65. The summed E-state index contributed by atoms with van der Waals surface area (Å²) in [5, 5.41) is 5.33. The Morgan fingerprint density at radius 2 is 2.05 bits per heavy atom. The van der Waals surface area contributed by atoms with Crippen LogP contribution >= 0.6 is 43.2 Å². The van der Waals surface area contributed by atoms with E-state index in [1.807, 2.05) is 11.4 Å². The Balaban J connectivity index is 2.52. The van der Waals surface area contributed by atoms with Crippen molar-refractivity contribution in [3.63, 3.8) is 0 Å². The van der Waals surface area contributed by atoms with Crippen LogP contribution in [0.5, 0.6) is 0 Å². The lowest BCUT2D eigenvalue weighted by Gasteiger charge is -2.11. The largest absolute Gasteiger partial charge is 0.369 e. The molecule has 0 aliphatic heterocycles. The van der Waals surface area contributed by atoms with Crippen LogP contribution in [0.25, 0.3) is 10.7 Å². The molecule has 3 nitrogen and oxygen atoms in total. The van der Waals surface area contributed by atoms with Crippen molar-refractivity contribution in [3.8, 4) is 10.7 Å². The maximum atomic E-state index is 4.69. The highest BCUT2D eigenvalue weighted by molar-refractivity contribution is 9.11. The minimum atomic E-state index is 0.782. The van der Waals surface area contributed by atoms with Crippen molar-refractivity contribution < 1.29 is 0 Å². The van der Waals surface area contributed by atoms with Crippen molar-refractivity contribution in [2.45, 2.75) is 26.7 Å². The first-order valence-corrected chi connectivity index (χ1v) is 8.67. The quantitative estimate of drug-likeness (QED) is 0.751. The molecule has 0 saturated heterocycles. The van der Waals surface area contributed by atoms with E-state index in [2.05, 4.69) is 56.0 Å². The minimum Gasteiger partial charge on any atom is -0.369 e. The maximum absolute atomic E-state index is 4.69. The zero-order chi connectivity index (χ0) is 13.8. The number of hydrogen-bond donors (Lipinski definition) is 1. The van der Waals surface area contributed by atoms with Crippen LogP contribution < -0.4 is 5.32 Å². The van der Waals surface area contributed by atoms with E-state index in [0.29, 0.717) is 0 Å². The van der Waals surface area contributed by atoms with Gasteiger partial charge in [0.05, 0.1) is 15.0 Å². The third-order valence-electron chi connectivity index (χ3n) is 2.57. The smallest absolute Gasteiger partial charge is 0.173 e. The molecule has 0 aromatic carbocycles. The van der Waals surface area contributed by atoms with E-state index in [9.17, 15) is 0 Å². The fraction of sp³-hybridized carbons (Fsp3) is 0.385. The van der Waals surface area contributed by atoms with Crippen LogP contribution in [-0.4, -0.2) is 16.5 Å². The predicted octanol–water partition coefficient (Wildman–Crippen LogP) is 5.11. The van der Waals surface area contributed by atoms with Crippen LogP contribution in [0, 0.1) is 0 Å². The minimum absolute atomic E-state index is 0.782. The molecule has 0 bridgehead atoms. The molecule has 19 heavy (non-hydrogen) atoms. The van der Waals surface area contributed by atoms with E-state index in [-0.39, 0.29) is 0 Å². The number of thiophene rings is 1. The summed E-state index contributed by atoms with van der Waals surface area (Å²) in [6, 6.07) is 2.03. The molecule has 0 spiro atoms. The fourth-order valence-electron chi connectivity index (χ4n) is 1.74. The molecular weight excluding hydrogens is 390 g/mol. The zero-order valence-corrected chi connectivity index (χ0v) is 14.8. The van der Waals surface area contributed by atoms with Gasteiger partial charge in [-0.15, -0.1) is 11.3 Å². The van der Waals surface area contributed by atoms with Gasteiger partial charge in [0.2, 0.25) is 0 Å². The van der Waals surface area contributed by atoms with Crippen molar-refractivity contribution in [1.82, 2.24) is 9.97 Å². The standard InChI is InChI=1S/C13H15Br2N3S/c1-3-5-9-10(15)12(16-4-2)18-13(17-9)11-8(14)6-7-19-11/h6-7H,3-5H2,1-2H3,(H,16,17,18). The normalized spacial score (nSPS) is 10.7. The summed E-state index contributed by atoms with van der Waals surface area (Å²) in [5.41, 5.74) is 1.06. The summed E-state index contributed by atoms with van der Waals surface area (Å²) in [7, 11) is 0.